The first-order valence-electron chi connectivity index (χ1n) is 10.6. The lowest BCUT2D eigenvalue weighted by molar-refractivity contribution is -0.525. The summed E-state index contributed by atoms with van der Waals surface area (Å²) >= 11 is 1.21. The molecule has 1 aromatic rings. The Hall–Kier alpha value is -3.33. The Morgan fingerprint density at radius 1 is 1.35 bits per heavy atom. The number of hydrogen-bond acceptors (Lipinski definition) is 9. The fourth-order valence-corrected chi connectivity index (χ4v) is 3.72. The number of nitrogens with one attached hydrogen (secondary N) is 3. The molecule has 4 atom stereocenters. The summed E-state index contributed by atoms with van der Waals surface area (Å²) < 4.78 is 0. The summed E-state index contributed by atoms with van der Waals surface area (Å²) in [5.41, 5.74) is 7.14. The minimum absolute atomic E-state index is 0.0616. The second-order valence-corrected chi connectivity index (χ2v) is 9.07. The number of carbonyl (C=O) groups is 3. The molecule has 0 aromatic carbocycles. The molecule has 34 heavy (non-hydrogen) atoms. The highest BCUT2D eigenvalue weighted by atomic mass is 32.1. The molecular formula is C19H32N8O6S. The molecule has 0 aliphatic carbocycles. The maximum atomic E-state index is 13.2. The van der Waals surface area contributed by atoms with Crippen molar-refractivity contribution in [2.45, 2.75) is 52.6 Å². The zero-order chi connectivity index (χ0) is 25.8. The first-order chi connectivity index (χ1) is 16.0. The standard InChI is InChI=1S/C19H32N8O6S/c1-11(2)9-14(13(4)26(31)10-28)16(29)23-15(17(30)24-19-22-7-8-34-19)12(3)5-6-21-18(20)25-27(32)33/h7-8,10-15,31H,5-6,9H2,1-4H3,(H,23,29)(H3,20,21,25)(H,22,24,30)/t12-,13+,14-,15?/m0/s1. The number of hydrazine groups is 1. The first-order valence-corrected chi connectivity index (χ1v) is 11.5. The number of aromatic nitrogens is 1. The second-order valence-electron chi connectivity index (χ2n) is 8.18. The van der Waals surface area contributed by atoms with E-state index in [0.717, 1.165) is 0 Å². The Kier molecular flexibility index (Phi) is 11.9. The van der Waals surface area contributed by atoms with E-state index in [-0.39, 0.29) is 31.3 Å². The van der Waals surface area contributed by atoms with Gasteiger partial charge in [0.2, 0.25) is 18.2 Å². The molecule has 14 nitrogen and oxygen atoms in total. The van der Waals surface area contributed by atoms with Gasteiger partial charge in [-0.1, -0.05) is 26.2 Å². The van der Waals surface area contributed by atoms with Crippen molar-refractivity contribution >= 4 is 40.7 Å². The van der Waals surface area contributed by atoms with Crippen molar-refractivity contribution in [1.82, 2.24) is 20.8 Å². The third kappa shape index (κ3) is 9.66. The number of amides is 3. The molecule has 0 saturated carbocycles. The summed E-state index contributed by atoms with van der Waals surface area (Å²) in [4.78, 5) is 55.5. The minimum atomic E-state index is -1.01. The molecule has 0 bridgehead atoms. The van der Waals surface area contributed by atoms with Crippen molar-refractivity contribution in [2.24, 2.45) is 28.5 Å². The Balaban J connectivity index is 3.05. The van der Waals surface area contributed by atoms with Gasteiger partial charge in [0.15, 0.2) is 10.2 Å². The molecule has 3 amide bonds. The van der Waals surface area contributed by atoms with Gasteiger partial charge in [-0.3, -0.25) is 19.6 Å². The van der Waals surface area contributed by atoms with Crippen molar-refractivity contribution in [3.8, 4) is 0 Å². The maximum Gasteiger partial charge on any atom is 0.251 e. The van der Waals surface area contributed by atoms with Crippen LogP contribution in [0.3, 0.4) is 0 Å². The molecular weight excluding hydrogens is 468 g/mol. The Labute approximate surface area is 201 Å². The molecule has 1 heterocycles. The first kappa shape index (κ1) is 28.7. The normalized spacial score (nSPS) is 15.1. The summed E-state index contributed by atoms with van der Waals surface area (Å²) in [6.07, 6.45) is 2.37. The average molecular weight is 501 g/mol. The Morgan fingerprint density at radius 3 is 2.56 bits per heavy atom. The van der Waals surface area contributed by atoms with E-state index in [9.17, 15) is 29.7 Å². The molecule has 1 rings (SSSR count). The number of nitro groups is 1. The summed E-state index contributed by atoms with van der Waals surface area (Å²) in [7, 11) is 0. The van der Waals surface area contributed by atoms with Crippen LogP contribution >= 0.6 is 11.3 Å². The van der Waals surface area contributed by atoms with Gasteiger partial charge in [0.1, 0.15) is 6.04 Å². The number of carbonyl (C=O) groups excluding carboxylic acids is 3. The van der Waals surface area contributed by atoms with Gasteiger partial charge >= 0.3 is 0 Å². The van der Waals surface area contributed by atoms with Crippen LogP contribution in [0.1, 0.15) is 40.5 Å². The molecule has 0 saturated heterocycles. The van der Waals surface area contributed by atoms with E-state index in [1.54, 1.807) is 17.7 Å². The SMILES string of the molecule is CC(C)C[C@H](C(=O)NC(C(=O)Nc1nccs1)[C@@H](C)CCN=C(N)N[N+](=O)[O-])[C@@H](C)N(O)C=O. The quantitative estimate of drug-likeness (QED) is 0.0604. The molecule has 0 spiro atoms. The van der Waals surface area contributed by atoms with E-state index in [1.807, 2.05) is 13.8 Å². The number of guanidine groups is 1. The van der Waals surface area contributed by atoms with Crippen LogP contribution in [0, 0.1) is 27.9 Å². The Bertz CT molecular complexity index is 850. The predicted molar refractivity (Wildman–Crippen MR) is 125 cm³/mol. The summed E-state index contributed by atoms with van der Waals surface area (Å²) in [5.74, 6) is -2.56. The van der Waals surface area contributed by atoms with Crippen molar-refractivity contribution in [2.75, 3.05) is 11.9 Å². The van der Waals surface area contributed by atoms with E-state index in [2.05, 4.69) is 20.6 Å². The molecule has 1 aromatic heterocycles. The average Bonchev–Trinajstić information content (AvgIpc) is 3.26. The molecule has 6 N–H and O–H groups in total. The molecule has 190 valence electrons. The van der Waals surface area contributed by atoms with Gasteiger partial charge in [-0.2, -0.15) is 0 Å². The van der Waals surface area contributed by atoms with Gasteiger partial charge in [-0.15, -0.1) is 11.3 Å². The summed E-state index contributed by atoms with van der Waals surface area (Å²) in [5, 5.41) is 27.3. The van der Waals surface area contributed by atoms with E-state index in [0.29, 0.717) is 16.6 Å². The second kappa shape index (κ2) is 14.0. The van der Waals surface area contributed by atoms with E-state index < -0.39 is 40.8 Å². The lowest BCUT2D eigenvalue weighted by atomic mass is 9.89. The molecule has 15 heteroatoms. The molecule has 1 unspecified atom stereocenters. The van der Waals surface area contributed by atoms with Gasteiger partial charge in [0, 0.05) is 18.1 Å². The van der Waals surface area contributed by atoms with Crippen molar-refractivity contribution in [3.05, 3.63) is 21.7 Å². The van der Waals surface area contributed by atoms with Crippen LogP contribution in [0.2, 0.25) is 0 Å². The van der Waals surface area contributed by atoms with E-state index in [4.69, 9.17) is 5.73 Å². The zero-order valence-corrected chi connectivity index (χ0v) is 20.3. The van der Waals surface area contributed by atoms with Crippen molar-refractivity contribution in [3.63, 3.8) is 0 Å². The number of aliphatic imine (C=N–C) groups is 1. The molecule has 0 aliphatic heterocycles. The summed E-state index contributed by atoms with van der Waals surface area (Å²) in [6, 6.07) is -1.84. The van der Waals surface area contributed by atoms with Gasteiger partial charge in [-0.25, -0.2) is 25.2 Å². The van der Waals surface area contributed by atoms with E-state index in [1.165, 1.54) is 24.5 Å². The Morgan fingerprint density at radius 2 is 2.03 bits per heavy atom. The number of hydroxylamine groups is 2. The van der Waals surface area contributed by atoms with Crippen LogP contribution in [0.25, 0.3) is 0 Å². The fourth-order valence-electron chi connectivity index (χ4n) is 3.19. The number of anilines is 1. The number of nitrogens with two attached hydrogens (primary N) is 1. The summed E-state index contributed by atoms with van der Waals surface area (Å²) in [6.45, 7) is 7.10. The van der Waals surface area contributed by atoms with Crippen LogP contribution in [0.4, 0.5) is 5.13 Å². The third-order valence-electron chi connectivity index (χ3n) is 5.05. The fraction of sp³-hybridized carbons (Fsp3) is 0.632. The molecule has 0 aliphatic rings. The van der Waals surface area contributed by atoms with Crippen LogP contribution in [0.15, 0.2) is 16.6 Å². The number of rotatable bonds is 14. The van der Waals surface area contributed by atoms with Crippen molar-refractivity contribution in [1.29, 1.82) is 0 Å². The van der Waals surface area contributed by atoms with Crippen molar-refractivity contribution < 1.29 is 24.6 Å². The van der Waals surface area contributed by atoms with Gasteiger partial charge in [0.05, 0.1) is 12.0 Å². The highest BCUT2D eigenvalue weighted by Crippen LogP contribution is 2.21. The minimum Gasteiger partial charge on any atom is -0.365 e. The monoisotopic (exact) mass is 500 g/mol. The van der Waals surface area contributed by atoms with Crippen LogP contribution in [0.5, 0.6) is 0 Å². The lowest BCUT2D eigenvalue weighted by Gasteiger charge is -2.31. The number of nitrogens with zero attached hydrogens (tertiary/aromatic N) is 4. The topological polar surface area (TPSA) is 205 Å². The maximum absolute atomic E-state index is 13.2. The number of hydrogen-bond donors (Lipinski definition) is 5. The van der Waals surface area contributed by atoms with E-state index >= 15 is 0 Å². The van der Waals surface area contributed by atoms with Crippen LogP contribution in [-0.2, 0) is 14.4 Å². The number of thiazole rings is 1. The lowest BCUT2D eigenvalue weighted by Crippen LogP contribution is -2.53. The smallest absolute Gasteiger partial charge is 0.251 e. The van der Waals surface area contributed by atoms with Gasteiger partial charge < -0.3 is 16.4 Å². The molecule has 0 radical (unpaired) electrons. The molecule has 0 fully saturated rings. The largest absolute Gasteiger partial charge is 0.365 e. The predicted octanol–water partition coefficient (Wildman–Crippen LogP) is 0.587. The highest BCUT2D eigenvalue weighted by molar-refractivity contribution is 7.13. The van der Waals surface area contributed by atoms with Crippen LogP contribution < -0.4 is 21.8 Å². The van der Waals surface area contributed by atoms with Gasteiger partial charge in [-0.05, 0) is 31.6 Å². The van der Waals surface area contributed by atoms with Crippen LogP contribution in [-0.4, -0.2) is 63.1 Å². The third-order valence-corrected chi connectivity index (χ3v) is 5.74. The zero-order valence-electron chi connectivity index (χ0n) is 19.5. The van der Waals surface area contributed by atoms with Gasteiger partial charge in [0.25, 0.3) is 5.96 Å². The highest BCUT2D eigenvalue weighted by Gasteiger charge is 2.34.